The van der Waals surface area contributed by atoms with E-state index in [2.05, 4.69) is 12.1 Å². The van der Waals surface area contributed by atoms with E-state index in [1.807, 2.05) is 30.3 Å². The predicted octanol–water partition coefficient (Wildman–Crippen LogP) is 6.92. The molecule has 0 saturated heterocycles. The fourth-order valence-corrected chi connectivity index (χ4v) is 3.44. The van der Waals surface area contributed by atoms with Crippen LogP contribution in [-0.2, 0) is 0 Å². The predicted molar refractivity (Wildman–Crippen MR) is 119 cm³/mol. The Kier molecular flexibility index (Phi) is 10.7. The second-order valence-electron chi connectivity index (χ2n) is 7.52. The fourth-order valence-electron chi connectivity index (χ4n) is 3.44. The first-order valence-electron chi connectivity index (χ1n) is 11.0. The fraction of sp³-hybridized carbons (Fsp3) is 0.480. The van der Waals surface area contributed by atoms with Gasteiger partial charge in [-0.3, -0.25) is 0 Å². The van der Waals surface area contributed by atoms with Crippen LogP contribution in [0.1, 0.15) is 82.3 Å². The average molecular weight is 398 g/mol. The quantitative estimate of drug-likeness (QED) is 0.157. The highest BCUT2D eigenvalue weighted by molar-refractivity contribution is 6.14. The Hall–Kier alpha value is -2.49. The third-order valence-electron chi connectivity index (χ3n) is 5.14. The van der Waals surface area contributed by atoms with Crippen LogP contribution in [0.3, 0.4) is 0 Å². The van der Waals surface area contributed by atoms with Crippen molar-refractivity contribution in [1.29, 1.82) is 0 Å². The molecule has 2 aromatic rings. The van der Waals surface area contributed by atoms with E-state index in [0.29, 0.717) is 23.6 Å². The van der Waals surface area contributed by atoms with Crippen LogP contribution in [-0.4, -0.2) is 22.6 Å². The summed E-state index contributed by atoms with van der Waals surface area (Å²) in [6.07, 6.45) is 12.9. The molecule has 0 radical (unpaired) electrons. The highest BCUT2D eigenvalue weighted by Crippen LogP contribution is 2.26. The molecular formula is C25H35NO3. The molecule has 0 heterocycles. The molecule has 0 aliphatic heterocycles. The highest BCUT2D eigenvalue weighted by atomic mass is 16.5. The van der Waals surface area contributed by atoms with Crippen LogP contribution in [0, 0.1) is 0 Å². The number of oxime groups is 1. The summed E-state index contributed by atoms with van der Waals surface area (Å²) in [5.74, 6) is 0.676. The number of unbranched alkanes of at least 4 members (excludes halogenated alkanes) is 9. The standard InChI is InChI=1S/C25H35NO3/c1-2-3-4-5-6-7-8-9-10-14-19-29-22-17-18-23(24(27)20-22)25(26-28)21-15-12-11-13-16-21/h11-13,15-18,20,27-28H,2-10,14,19H2,1H3/b26-25+. The third-order valence-corrected chi connectivity index (χ3v) is 5.14. The van der Waals surface area contributed by atoms with Gasteiger partial charge >= 0.3 is 0 Å². The summed E-state index contributed by atoms with van der Waals surface area (Å²) >= 11 is 0. The van der Waals surface area contributed by atoms with E-state index in [4.69, 9.17) is 4.74 Å². The van der Waals surface area contributed by atoms with Crippen molar-refractivity contribution in [3.8, 4) is 11.5 Å². The summed E-state index contributed by atoms with van der Waals surface area (Å²) in [5.41, 5.74) is 1.55. The topological polar surface area (TPSA) is 62.0 Å². The van der Waals surface area contributed by atoms with Crippen LogP contribution >= 0.6 is 0 Å². The summed E-state index contributed by atoms with van der Waals surface area (Å²) in [7, 11) is 0. The smallest absolute Gasteiger partial charge is 0.128 e. The normalized spacial score (nSPS) is 11.6. The number of hydrogen-bond donors (Lipinski definition) is 2. The van der Waals surface area contributed by atoms with Gasteiger partial charge in [0.05, 0.1) is 6.61 Å². The van der Waals surface area contributed by atoms with E-state index in [9.17, 15) is 10.3 Å². The largest absolute Gasteiger partial charge is 0.507 e. The molecule has 0 spiro atoms. The van der Waals surface area contributed by atoms with Crippen LogP contribution in [0.4, 0.5) is 0 Å². The molecule has 4 heteroatoms. The summed E-state index contributed by atoms with van der Waals surface area (Å²) in [6.45, 7) is 2.90. The van der Waals surface area contributed by atoms with Gasteiger partial charge in [-0.1, -0.05) is 100 Å². The van der Waals surface area contributed by atoms with E-state index in [-0.39, 0.29) is 5.75 Å². The van der Waals surface area contributed by atoms with E-state index in [1.54, 1.807) is 18.2 Å². The zero-order valence-electron chi connectivity index (χ0n) is 17.6. The molecule has 0 aliphatic rings. The first-order chi connectivity index (χ1) is 14.3. The molecule has 2 N–H and O–H groups in total. The number of phenols is 1. The van der Waals surface area contributed by atoms with Gasteiger partial charge in [0.15, 0.2) is 0 Å². The minimum Gasteiger partial charge on any atom is -0.507 e. The van der Waals surface area contributed by atoms with Crippen molar-refractivity contribution in [2.24, 2.45) is 5.16 Å². The van der Waals surface area contributed by atoms with Gasteiger partial charge in [0.2, 0.25) is 0 Å². The maximum absolute atomic E-state index is 10.4. The van der Waals surface area contributed by atoms with Crippen molar-refractivity contribution in [1.82, 2.24) is 0 Å². The first-order valence-corrected chi connectivity index (χ1v) is 11.0. The second kappa shape index (κ2) is 13.6. The summed E-state index contributed by atoms with van der Waals surface area (Å²) in [6, 6.07) is 14.4. The SMILES string of the molecule is CCCCCCCCCCCCOc1ccc(/C(=N/O)c2ccccc2)c(O)c1. The minimum absolute atomic E-state index is 0.0437. The summed E-state index contributed by atoms with van der Waals surface area (Å²) < 4.78 is 5.77. The Labute approximate surface area is 175 Å². The lowest BCUT2D eigenvalue weighted by Gasteiger charge is -2.10. The Morgan fingerprint density at radius 2 is 1.45 bits per heavy atom. The zero-order chi connectivity index (χ0) is 20.7. The van der Waals surface area contributed by atoms with Gasteiger partial charge in [0.25, 0.3) is 0 Å². The molecule has 0 fully saturated rings. The van der Waals surface area contributed by atoms with Crippen molar-refractivity contribution in [2.45, 2.75) is 71.1 Å². The van der Waals surface area contributed by atoms with Gasteiger partial charge in [-0.25, -0.2) is 0 Å². The van der Waals surface area contributed by atoms with Crippen molar-refractivity contribution in [3.05, 3.63) is 59.7 Å². The molecule has 0 amide bonds. The molecule has 0 bridgehead atoms. The lowest BCUT2D eigenvalue weighted by Crippen LogP contribution is -2.04. The van der Waals surface area contributed by atoms with Gasteiger partial charge < -0.3 is 15.1 Å². The van der Waals surface area contributed by atoms with Gasteiger partial charge in [-0.05, 0) is 18.6 Å². The monoisotopic (exact) mass is 397 g/mol. The molecule has 0 unspecified atom stereocenters. The highest BCUT2D eigenvalue weighted by Gasteiger charge is 2.13. The Morgan fingerprint density at radius 3 is 2.03 bits per heavy atom. The average Bonchev–Trinajstić information content (AvgIpc) is 2.75. The molecule has 0 atom stereocenters. The number of benzene rings is 2. The first kappa shape index (κ1) is 22.8. The third kappa shape index (κ3) is 8.18. The molecule has 158 valence electrons. The molecule has 2 aromatic carbocycles. The van der Waals surface area contributed by atoms with Crippen LogP contribution in [0.5, 0.6) is 11.5 Å². The molecule has 0 aromatic heterocycles. The zero-order valence-corrected chi connectivity index (χ0v) is 17.6. The van der Waals surface area contributed by atoms with Crippen molar-refractivity contribution in [2.75, 3.05) is 6.61 Å². The Balaban J connectivity index is 1.69. The lowest BCUT2D eigenvalue weighted by atomic mass is 10.0. The van der Waals surface area contributed by atoms with E-state index in [1.165, 1.54) is 57.8 Å². The van der Waals surface area contributed by atoms with Crippen molar-refractivity contribution < 1.29 is 15.1 Å². The molecule has 0 saturated carbocycles. The van der Waals surface area contributed by atoms with Crippen LogP contribution in [0.25, 0.3) is 0 Å². The number of phenolic OH excluding ortho intramolecular Hbond substituents is 1. The Morgan fingerprint density at radius 1 is 0.828 bits per heavy atom. The molecule has 29 heavy (non-hydrogen) atoms. The maximum Gasteiger partial charge on any atom is 0.128 e. The Bertz CT molecular complexity index is 728. The minimum atomic E-state index is 0.0437. The second-order valence-corrected chi connectivity index (χ2v) is 7.52. The van der Waals surface area contributed by atoms with E-state index < -0.39 is 0 Å². The molecule has 4 nitrogen and oxygen atoms in total. The number of ether oxygens (including phenoxy) is 1. The van der Waals surface area contributed by atoms with Gasteiger partial charge in [0.1, 0.15) is 17.2 Å². The van der Waals surface area contributed by atoms with E-state index in [0.717, 1.165) is 12.0 Å². The van der Waals surface area contributed by atoms with Gasteiger partial charge in [-0.2, -0.15) is 0 Å². The van der Waals surface area contributed by atoms with Crippen molar-refractivity contribution in [3.63, 3.8) is 0 Å². The lowest BCUT2D eigenvalue weighted by molar-refractivity contribution is 0.302. The van der Waals surface area contributed by atoms with E-state index >= 15 is 0 Å². The van der Waals surface area contributed by atoms with Gasteiger partial charge in [0, 0.05) is 17.2 Å². The van der Waals surface area contributed by atoms with Crippen LogP contribution < -0.4 is 4.74 Å². The van der Waals surface area contributed by atoms with Crippen molar-refractivity contribution >= 4 is 5.71 Å². The molecule has 2 rings (SSSR count). The van der Waals surface area contributed by atoms with Gasteiger partial charge in [-0.15, -0.1) is 0 Å². The number of rotatable bonds is 14. The maximum atomic E-state index is 10.4. The van der Waals surface area contributed by atoms with Crippen LogP contribution in [0.2, 0.25) is 0 Å². The summed E-state index contributed by atoms with van der Waals surface area (Å²) in [5, 5.41) is 23.1. The molecular weight excluding hydrogens is 362 g/mol. The summed E-state index contributed by atoms with van der Waals surface area (Å²) in [4.78, 5) is 0. The number of nitrogens with zero attached hydrogens (tertiary/aromatic N) is 1. The number of aromatic hydroxyl groups is 1. The number of hydrogen-bond acceptors (Lipinski definition) is 4. The molecule has 0 aliphatic carbocycles. The van der Waals surface area contributed by atoms with Crippen LogP contribution in [0.15, 0.2) is 53.7 Å².